The third-order valence-corrected chi connectivity index (χ3v) is 4.12. The summed E-state index contributed by atoms with van der Waals surface area (Å²) < 4.78 is 26.3. The number of fused-ring (bicyclic) bond motifs is 1. The van der Waals surface area contributed by atoms with Crippen molar-refractivity contribution < 1.29 is 8.78 Å². The standard InChI is InChI=1S/C14H18F2N2/c15-11-6-5-10(9-12(11)16)18-8-7-17-13-3-1-2-4-14(13)18/h5-6,9,13-14,17H,1-4,7-8H2. The summed E-state index contributed by atoms with van der Waals surface area (Å²) in [4.78, 5) is 2.24. The second-order valence-corrected chi connectivity index (χ2v) is 5.20. The van der Waals surface area contributed by atoms with Gasteiger partial charge in [0.25, 0.3) is 0 Å². The van der Waals surface area contributed by atoms with Crippen LogP contribution in [0.1, 0.15) is 25.7 Å². The molecule has 2 nitrogen and oxygen atoms in total. The predicted molar refractivity (Wildman–Crippen MR) is 67.8 cm³/mol. The summed E-state index contributed by atoms with van der Waals surface area (Å²) in [5.41, 5.74) is 0.812. The van der Waals surface area contributed by atoms with Gasteiger partial charge in [0.2, 0.25) is 0 Å². The van der Waals surface area contributed by atoms with Crippen molar-refractivity contribution in [3.8, 4) is 0 Å². The molecule has 1 aliphatic carbocycles. The maximum absolute atomic E-state index is 13.3. The van der Waals surface area contributed by atoms with E-state index in [2.05, 4.69) is 10.2 Å². The van der Waals surface area contributed by atoms with Crippen LogP contribution in [0, 0.1) is 11.6 Å². The van der Waals surface area contributed by atoms with Gasteiger partial charge in [-0.1, -0.05) is 12.8 Å². The van der Waals surface area contributed by atoms with Crippen LogP contribution in [0.4, 0.5) is 14.5 Å². The van der Waals surface area contributed by atoms with Crippen molar-refractivity contribution in [1.82, 2.24) is 5.32 Å². The fraction of sp³-hybridized carbons (Fsp3) is 0.571. The predicted octanol–water partition coefficient (Wildman–Crippen LogP) is 2.69. The molecule has 1 heterocycles. The average molecular weight is 252 g/mol. The van der Waals surface area contributed by atoms with Gasteiger partial charge in [0.1, 0.15) is 0 Å². The highest BCUT2D eigenvalue weighted by molar-refractivity contribution is 5.49. The van der Waals surface area contributed by atoms with Crippen molar-refractivity contribution in [3.05, 3.63) is 29.8 Å². The number of hydrogen-bond acceptors (Lipinski definition) is 2. The number of benzene rings is 1. The van der Waals surface area contributed by atoms with E-state index in [0.29, 0.717) is 12.1 Å². The fourth-order valence-corrected chi connectivity index (χ4v) is 3.24. The third kappa shape index (κ3) is 2.09. The molecule has 0 spiro atoms. The summed E-state index contributed by atoms with van der Waals surface area (Å²) in [6.07, 6.45) is 4.81. The molecule has 1 aliphatic heterocycles. The number of nitrogens with one attached hydrogen (secondary N) is 1. The second kappa shape index (κ2) is 4.84. The summed E-state index contributed by atoms with van der Waals surface area (Å²) in [5.74, 6) is -1.52. The van der Waals surface area contributed by atoms with Gasteiger partial charge < -0.3 is 10.2 Å². The minimum atomic E-state index is -0.769. The van der Waals surface area contributed by atoms with Gasteiger partial charge >= 0.3 is 0 Å². The number of rotatable bonds is 1. The Morgan fingerprint density at radius 3 is 2.78 bits per heavy atom. The molecule has 0 amide bonds. The van der Waals surface area contributed by atoms with Crippen LogP contribution >= 0.6 is 0 Å². The molecule has 0 radical (unpaired) electrons. The number of piperazine rings is 1. The average Bonchev–Trinajstić information content (AvgIpc) is 2.41. The fourth-order valence-electron chi connectivity index (χ4n) is 3.24. The highest BCUT2D eigenvalue weighted by Gasteiger charge is 2.33. The number of hydrogen-bond donors (Lipinski definition) is 1. The minimum absolute atomic E-state index is 0.428. The Balaban J connectivity index is 1.87. The van der Waals surface area contributed by atoms with Crippen molar-refractivity contribution >= 4 is 5.69 Å². The maximum Gasteiger partial charge on any atom is 0.160 e. The Morgan fingerprint density at radius 1 is 1.11 bits per heavy atom. The highest BCUT2D eigenvalue weighted by Crippen LogP contribution is 2.30. The van der Waals surface area contributed by atoms with E-state index in [1.807, 2.05) is 0 Å². The number of halogens is 2. The molecule has 3 rings (SSSR count). The zero-order valence-corrected chi connectivity index (χ0v) is 10.3. The SMILES string of the molecule is Fc1ccc(N2CCNC3CCCCC32)cc1F. The lowest BCUT2D eigenvalue weighted by molar-refractivity contribution is 0.284. The lowest BCUT2D eigenvalue weighted by Crippen LogP contribution is -2.59. The molecule has 18 heavy (non-hydrogen) atoms. The normalized spacial score (nSPS) is 28.0. The van der Waals surface area contributed by atoms with Crippen molar-refractivity contribution in [2.45, 2.75) is 37.8 Å². The molecule has 1 saturated carbocycles. The lowest BCUT2D eigenvalue weighted by atomic mass is 9.87. The maximum atomic E-state index is 13.3. The molecular weight excluding hydrogens is 234 g/mol. The van der Waals surface area contributed by atoms with Crippen LogP contribution in [0.5, 0.6) is 0 Å². The van der Waals surface area contributed by atoms with E-state index < -0.39 is 11.6 Å². The molecule has 1 saturated heterocycles. The molecule has 2 aliphatic rings. The minimum Gasteiger partial charge on any atom is -0.366 e. The van der Waals surface area contributed by atoms with Crippen molar-refractivity contribution in [1.29, 1.82) is 0 Å². The second-order valence-electron chi connectivity index (χ2n) is 5.20. The Bertz CT molecular complexity index is 434. The molecule has 2 unspecified atom stereocenters. The molecule has 1 N–H and O–H groups in total. The Hall–Kier alpha value is -1.16. The van der Waals surface area contributed by atoms with Crippen molar-refractivity contribution in [3.63, 3.8) is 0 Å². The number of nitrogens with zero attached hydrogens (tertiary/aromatic N) is 1. The quantitative estimate of drug-likeness (QED) is 0.826. The van der Waals surface area contributed by atoms with Crippen LogP contribution in [0.25, 0.3) is 0 Å². The van der Waals surface area contributed by atoms with E-state index in [9.17, 15) is 8.78 Å². The van der Waals surface area contributed by atoms with Crippen LogP contribution in [0.15, 0.2) is 18.2 Å². The molecule has 0 bridgehead atoms. The zero-order valence-electron chi connectivity index (χ0n) is 10.3. The third-order valence-electron chi connectivity index (χ3n) is 4.12. The van der Waals surface area contributed by atoms with E-state index in [4.69, 9.17) is 0 Å². The summed E-state index contributed by atoms with van der Waals surface area (Å²) in [7, 11) is 0. The molecule has 1 aromatic carbocycles. The summed E-state index contributed by atoms with van der Waals surface area (Å²) in [5, 5.41) is 3.54. The van der Waals surface area contributed by atoms with Gasteiger partial charge in [-0.15, -0.1) is 0 Å². The summed E-state index contributed by atoms with van der Waals surface area (Å²) in [6, 6.07) is 5.17. The molecule has 2 fully saturated rings. The van der Waals surface area contributed by atoms with E-state index >= 15 is 0 Å². The summed E-state index contributed by atoms with van der Waals surface area (Å²) in [6.45, 7) is 1.78. The van der Waals surface area contributed by atoms with Crippen LogP contribution in [-0.4, -0.2) is 25.2 Å². The van der Waals surface area contributed by atoms with Gasteiger partial charge in [-0.05, 0) is 25.0 Å². The zero-order chi connectivity index (χ0) is 12.5. The van der Waals surface area contributed by atoms with E-state index in [0.717, 1.165) is 25.2 Å². The highest BCUT2D eigenvalue weighted by atomic mass is 19.2. The largest absolute Gasteiger partial charge is 0.366 e. The molecular formula is C14H18F2N2. The van der Waals surface area contributed by atoms with Gasteiger partial charge in [-0.3, -0.25) is 0 Å². The molecule has 98 valence electrons. The first-order valence-corrected chi connectivity index (χ1v) is 6.71. The van der Waals surface area contributed by atoms with Gasteiger partial charge in [0, 0.05) is 36.9 Å². The van der Waals surface area contributed by atoms with Gasteiger partial charge in [0.05, 0.1) is 0 Å². The van der Waals surface area contributed by atoms with Crippen LogP contribution in [0.3, 0.4) is 0 Å². The molecule has 0 aromatic heterocycles. The van der Waals surface area contributed by atoms with Gasteiger partial charge in [-0.25, -0.2) is 8.78 Å². The lowest BCUT2D eigenvalue weighted by Gasteiger charge is -2.46. The Morgan fingerprint density at radius 2 is 1.94 bits per heavy atom. The first-order valence-electron chi connectivity index (χ1n) is 6.71. The Kier molecular flexibility index (Phi) is 3.20. The first kappa shape index (κ1) is 11.9. The van der Waals surface area contributed by atoms with Crippen LogP contribution < -0.4 is 10.2 Å². The van der Waals surface area contributed by atoms with E-state index in [1.165, 1.54) is 31.4 Å². The molecule has 1 aromatic rings. The van der Waals surface area contributed by atoms with Crippen LogP contribution in [-0.2, 0) is 0 Å². The Labute approximate surface area is 106 Å². The number of anilines is 1. The van der Waals surface area contributed by atoms with Gasteiger partial charge in [0.15, 0.2) is 11.6 Å². The molecule has 4 heteroatoms. The van der Waals surface area contributed by atoms with Crippen LogP contribution in [0.2, 0.25) is 0 Å². The summed E-state index contributed by atoms with van der Waals surface area (Å²) >= 11 is 0. The molecule has 2 atom stereocenters. The van der Waals surface area contributed by atoms with E-state index in [-0.39, 0.29) is 0 Å². The topological polar surface area (TPSA) is 15.3 Å². The van der Waals surface area contributed by atoms with E-state index in [1.54, 1.807) is 6.07 Å². The monoisotopic (exact) mass is 252 g/mol. The smallest absolute Gasteiger partial charge is 0.160 e. The van der Waals surface area contributed by atoms with Crippen molar-refractivity contribution in [2.75, 3.05) is 18.0 Å². The van der Waals surface area contributed by atoms with Crippen molar-refractivity contribution in [2.24, 2.45) is 0 Å². The van der Waals surface area contributed by atoms with Gasteiger partial charge in [-0.2, -0.15) is 0 Å². The first-order chi connectivity index (χ1) is 8.75.